The molecule has 0 saturated heterocycles. The minimum atomic E-state index is -3.96. The number of sulfonamides is 1. The third-order valence-corrected chi connectivity index (χ3v) is 6.59. The second kappa shape index (κ2) is 9.98. The third kappa shape index (κ3) is 6.09. The van der Waals surface area contributed by atoms with Crippen LogP contribution in [0.3, 0.4) is 0 Å². The van der Waals surface area contributed by atoms with E-state index in [2.05, 4.69) is 23.9 Å². The SMILES string of the molecule is CC(C)CC(NC(=O)c1ccc(Cl)c(S(=O)(=O)Nc2ccccc2)c1)c1ccccc1. The van der Waals surface area contributed by atoms with Crippen molar-refractivity contribution in [2.24, 2.45) is 5.92 Å². The molecule has 0 aliphatic carbocycles. The fraction of sp³-hybridized carbons (Fsp3) is 0.208. The molecule has 1 unspecified atom stereocenters. The molecular weight excluding hydrogens is 432 g/mol. The molecule has 3 rings (SSSR count). The predicted molar refractivity (Wildman–Crippen MR) is 125 cm³/mol. The average molecular weight is 457 g/mol. The lowest BCUT2D eigenvalue weighted by Crippen LogP contribution is -2.29. The van der Waals surface area contributed by atoms with Gasteiger partial charge in [-0.05, 0) is 48.2 Å². The summed E-state index contributed by atoms with van der Waals surface area (Å²) in [5.41, 5.74) is 1.63. The number of anilines is 1. The number of rotatable bonds is 8. The van der Waals surface area contributed by atoms with Gasteiger partial charge in [-0.2, -0.15) is 0 Å². The molecule has 0 bridgehead atoms. The highest BCUT2D eigenvalue weighted by molar-refractivity contribution is 7.92. The second-order valence-corrected chi connectivity index (χ2v) is 9.74. The van der Waals surface area contributed by atoms with Crippen LogP contribution in [-0.4, -0.2) is 14.3 Å². The van der Waals surface area contributed by atoms with Gasteiger partial charge in [-0.3, -0.25) is 9.52 Å². The summed E-state index contributed by atoms with van der Waals surface area (Å²) in [5, 5.41) is 3.07. The van der Waals surface area contributed by atoms with Crippen molar-refractivity contribution in [3.05, 3.63) is 95.0 Å². The predicted octanol–water partition coefficient (Wildman–Crippen LogP) is 5.66. The molecule has 0 saturated carbocycles. The number of hydrogen-bond acceptors (Lipinski definition) is 3. The van der Waals surface area contributed by atoms with E-state index in [9.17, 15) is 13.2 Å². The van der Waals surface area contributed by atoms with Gasteiger partial charge in [0.2, 0.25) is 0 Å². The summed E-state index contributed by atoms with van der Waals surface area (Å²) in [5.74, 6) is 0.00376. The zero-order valence-electron chi connectivity index (χ0n) is 17.4. The molecule has 31 heavy (non-hydrogen) atoms. The number of carbonyl (C=O) groups excluding carboxylic acids is 1. The Labute approximate surface area is 188 Å². The van der Waals surface area contributed by atoms with Crippen molar-refractivity contribution in [3.63, 3.8) is 0 Å². The highest BCUT2D eigenvalue weighted by Gasteiger charge is 2.22. The van der Waals surface area contributed by atoms with E-state index in [1.165, 1.54) is 18.2 Å². The minimum absolute atomic E-state index is 0.0433. The molecule has 7 heteroatoms. The van der Waals surface area contributed by atoms with Gasteiger partial charge < -0.3 is 5.32 Å². The summed E-state index contributed by atoms with van der Waals surface area (Å²) < 4.78 is 28.2. The van der Waals surface area contributed by atoms with Crippen molar-refractivity contribution >= 4 is 33.2 Å². The van der Waals surface area contributed by atoms with Gasteiger partial charge in [0, 0.05) is 11.3 Å². The molecule has 0 aromatic heterocycles. The first-order valence-electron chi connectivity index (χ1n) is 9.99. The Morgan fingerprint density at radius 2 is 1.55 bits per heavy atom. The Morgan fingerprint density at radius 3 is 2.16 bits per heavy atom. The Morgan fingerprint density at radius 1 is 0.935 bits per heavy atom. The standard InChI is InChI=1S/C24H25ClN2O3S/c1-17(2)15-22(18-9-5-3-6-10-18)26-24(28)19-13-14-21(25)23(16-19)31(29,30)27-20-11-7-4-8-12-20/h3-14,16-17,22,27H,15H2,1-2H3,(H,26,28). The van der Waals surface area contributed by atoms with Gasteiger partial charge >= 0.3 is 0 Å². The first-order valence-corrected chi connectivity index (χ1v) is 11.9. The molecule has 0 aliphatic rings. The lowest BCUT2D eigenvalue weighted by atomic mass is 9.96. The molecule has 162 valence electrons. The van der Waals surface area contributed by atoms with Gasteiger partial charge in [0.05, 0.1) is 11.1 Å². The molecule has 5 nitrogen and oxygen atoms in total. The number of nitrogens with one attached hydrogen (secondary N) is 2. The van der Waals surface area contributed by atoms with E-state index in [4.69, 9.17) is 11.6 Å². The van der Waals surface area contributed by atoms with E-state index in [0.29, 0.717) is 11.6 Å². The topological polar surface area (TPSA) is 75.3 Å². The van der Waals surface area contributed by atoms with E-state index in [-0.39, 0.29) is 27.4 Å². The normalized spacial score (nSPS) is 12.4. The molecule has 3 aromatic rings. The van der Waals surface area contributed by atoms with Crippen molar-refractivity contribution in [1.82, 2.24) is 5.32 Å². The summed E-state index contributed by atoms with van der Waals surface area (Å²) in [6.45, 7) is 4.18. The molecule has 0 spiro atoms. The number of halogens is 1. The highest BCUT2D eigenvalue weighted by Crippen LogP contribution is 2.26. The van der Waals surface area contributed by atoms with Crippen molar-refractivity contribution in [3.8, 4) is 0 Å². The summed E-state index contributed by atoms with van der Waals surface area (Å²) >= 11 is 6.17. The quantitative estimate of drug-likeness (QED) is 0.459. The van der Waals surface area contributed by atoms with Crippen LogP contribution in [0.25, 0.3) is 0 Å². The lowest BCUT2D eigenvalue weighted by Gasteiger charge is -2.21. The molecule has 1 atom stereocenters. The number of benzene rings is 3. The minimum Gasteiger partial charge on any atom is -0.345 e. The van der Waals surface area contributed by atoms with Crippen molar-refractivity contribution in [1.29, 1.82) is 0 Å². The van der Waals surface area contributed by atoms with Crippen LogP contribution in [0.1, 0.15) is 42.2 Å². The van der Waals surface area contributed by atoms with Crippen LogP contribution < -0.4 is 10.0 Å². The first-order chi connectivity index (χ1) is 14.8. The zero-order chi connectivity index (χ0) is 22.4. The van der Waals surface area contributed by atoms with Crippen molar-refractivity contribution < 1.29 is 13.2 Å². The van der Waals surface area contributed by atoms with E-state index < -0.39 is 10.0 Å². The molecule has 0 aliphatic heterocycles. The first kappa shape index (κ1) is 22.8. The van der Waals surface area contributed by atoms with Gasteiger partial charge in [-0.25, -0.2) is 8.42 Å². The van der Waals surface area contributed by atoms with Crippen LogP contribution in [0.15, 0.2) is 83.8 Å². The number of para-hydroxylation sites is 1. The maximum atomic E-state index is 13.0. The Kier molecular flexibility index (Phi) is 7.36. The lowest BCUT2D eigenvalue weighted by molar-refractivity contribution is 0.0931. The van der Waals surface area contributed by atoms with Crippen LogP contribution in [0.5, 0.6) is 0 Å². The van der Waals surface area contributed by atoms with Gasteiger partial charge in [0.1, 0.15) is 4.90 Å². The highest BCUT2D eigenvalue weighted by atomic mass is 35.5. The molecule has 3 aromatic carbocycles. The molecular formula is C24H25ClN2O3S. The van der Waals surface area contributed by atoms with E-state index in [0.717, 1.165) is 12.0 Å². The van der Waals surface area contributed by atoms with Gasteiger partial charge in [0.25, 0.3) is 15.9 Å². The molecule has 0 heterocycles. The van der Waals surface area contributed by atoms with E-state index in [1.807, 2.05) is 30.3 Å². The fourth-order valence-electron chi connectivity index (χ4n) is 3.24. The summed E-state index contributed by atoms with van der Waals surface area (Å²) in [6, 6.07) is 22.3. The van der Waals surface area contributed by atoms with Crippen molar-refractivity contribution in [2.45, 2.75) is 31.2 Å². The zero-order valence-corrected chi connectivity index (χ0v) is 19.0. The molecule has 0 radical (unpaired) electrons. The second-order valence-electron chi connectivity index (χ2n) is 7.68. The number of carbonyl (C=O) groups is 1. The summed E-state index contributed by atoms with van der Waals surface area (Å²) in [7, 11) is -3.96. The van der Waals surface area contributed by atoms with Crippen LogP contribution in [-0.2, 0) is 10.0 Å². The monoisotopic (exact) mass is 456 g/mol. The molecule has 1 amide bonds. The summed E-state index contributed by atoms with van der Waals surface area (Å²) in [4.78, 5) is 12.8. The van der Waals surface area contributed by atoms with E-state index >= 15 is 0 Å². The summed E-state index contributed by atoms with van der Waals surface area (Å²) in [6.07, 6.45) is 0.754. The van der Waals surface area contributed by atoms with Crippen LogP contribution in [0.2, 0.25) is 5.02 Å². The van der Waals surface area contributed by atoms with Gasteiger partial charge in [0.15, 0.2) is 0 Å². The number of amides is 1. The fourth-order valence-corrected chi connectivity index (χ4v) is 4.83. The Balaban J connectivity index is 1.86. The van der Waals surface area contributed by atoms with Crippen molar-refractivity contribution in [2.75, 3.05) is 4.72 Å². The Bertz CT molecular complexity index is 1130. The van der Waals surface area contributed by atoms with Gasteiger partial charge in [-0.15, -0.1) is 0 Å². The maximum absolute atomic E-state index is 13.0. The maximum Gasteiger partial charge on any atom is 0.263 e. The van der Waals surface area contributed by atoms with Gasteiger partial charge in [-0.1, -0.05) is 74.0 Å². The average Bonchev–Trinajstić information content (AvgIpc) is 2.74. The van der Waals surface area contributed by atoms with Crippen LogP contribution >= 0.6 is 11.6 Å². The van der Waals surface area contributed by atoms with Crippen LogP contribution in [0.4, 0.5) is 5.69 Å². The largest absolute Gasteiger partial charge is 0.345 e. The Hall–Kier alpha value is -2.83. The number of hydrogen-bond donors (Lipinski definition) is 2. The molecule has 0 fully saturated rings. The molecule has 2 N–H and O–H groups in total. The van der Waals surface area contributed by atoms with Crippen LogP contribution in [0, 0.1) is 5.92 Å². The van der Waals surface area contributed by atoms with E-state index in [1.54, 1.807) is 30.3 Å². The smallest absolute Gasteiger partial charge is 0.263 e. The third-order valence-electron chi connectivity index (χ3n) is 4.72.